The highest BCUT2D eigenvalue weighted by molar-refractivity contribution is 9.10. The van der Waals surface area contributed by atoms with Crippen molar-refractivity contribution in [3.8, 4) is 0 Å². The molecule has 0 heterocycles. The van der Waals surface area contributed by atoms with Crippen molar-refractivity contribution in [1.82, 2.24) is 0 Å². The first-order valence-corrected chi connectivity index (χ1v) is 7.47. The van der Waals surface area contributed by atoms with Crippen molar-refractivity contribution in [2.75, 3.05) is 5.32 Å². The van der Waals surface area contributed by atoms with Crippen LogP contribution in [0.5, 0.6) is 0 Å². The van der Waals surface area contributed by atoms with Crippen LogP contribution in [0.2, 0.25) is 0 Å². The molecule has 0 amide bonds. The van der Waals surface area contributed by atoms with Gasteiger partial charge < -0.3 is 5.32 Å². The fourth-order valence-electron chi connectivity index (χ4n) is 2.15. The van der Waals surface area contributed by atoms with Crippen molar-refractivity contribution in [3.63, 3.8) is 0 Å². The van der Waals surface area contributed by atoms with Gasteiger partial charge in [0.05, 0.1) is 4.47 Å². The molecule has 2 rings (SSSR count). The highest BCUT2D eigenvalue weighted by atomic mass is 79.9. The normalized spacial score (nSPS) is 12.3. The lowest BCUT2D eigenvalue weighted by Gasteiger charge is -2.19. The number of nitrogens with one attached hydrogen (secondary N) is 1. The van der Waals surface area contributed by atoms with Crippen molar-refractivity contribution in [2.45, 2.75) is 33.7 Å². The van der Waals surface area contributed by atoms with E-state index in [0.29, 0.717) is 4.47 Å². The maximum Gasteiger partial charge on any atom is 0.137 e. The molecule has 0 aliphatic carbocycles. The van der Waals surface area contributed by atoms with Gasteiger partial charge in [0, 0.05) is 11.7 Å². The molecule has 2 aromatic carbocycles. The Balaban J connectivity index is 2.25. The molecule has 1 N–H and O–H groups in total. The molecule has 1 nitrogen and oxygen atoms in total. The quantitative estimate of drug-likeness (QED) is 0.760. The van der Waals surface area contributed by atoms with Crippen LogP contribution in [0.3, 0.4) is 0 Å². The first-order valence-electron chi connectivity index (χ1n) is 6.68. The van der Waals surface area contributed by atoms with E-state index in [9.17, 15) is 4.39 Å². The van der Waals surface area contributed by atoms with E-state index in [1.807, 2.05) is 6.92 Å². The second kappa shape index (κ2) is 5.96. The molecule has 0 fully saturated rings. The molecule has 1 atom stereocenters. The van der Waals surface area contributed by atoms with Gasteiger partial charge in [0.2, 0.25) is 0 Å². The maximum atomic E-state index is 13.4. The van der Waals surface area contributed by atoms with Crippen molar-refractivity contribution in [3.05, 3.63) is 62.9 Å². The lowest BCUT2D eigenvalue weighted by Crippen LogP contribution is -2.08. The first-order chi connectivity index (χ1) is 9.38. The fraction of sp³-hybridized carbons (Fsp3) is 0.294. The molecule has 3 heteroatoms. The van der Waals surface area contributed by atoms with Crippen LogP contribution in [0.15, 0.2) is 34.8 Å². The third-order valence-corrected chi connectivity index (χ3v) is 4.28. The van der Waals surface area contributed by atoms with E-state index < -0.39 is 0 Å². The number of hydrogen-bond donors (Lipinski definition) is 1. The molecular weight excluding hydrogens is 317 g/mol. The summed E-state index contributed by atoms with van der Waals surface area (Å²) in [5.41, 5.74) is 5.66. The van der Waals surface area contributed by atoms with Crippen LogP contribution in [0, 0.1) is 26.6 Å². The van der Waals surface area contributed by atoms with Gasteiger partial charge in [-0.1, -0.05) is 18.2 Å². The zero-order valence-corrected chi connectivity index (χ0v) is 13.8. The van der Waals surface area contributed by atoms with E-state index in [0.717, 1.165) is 11.3 Å². The second-order valence-corrected chi connectivity index (χ2v) is 6.15. The summed E-state index contributed by atoms with van der Waals surface area (Å²) < 4.78 is 13.9. The van der Waals surface area contributed by atoms with Gasteiger partial charge in [0.1, 0.15) is 5.82 Å². The molecule has 0 bridgehead atoms. The molecule has 2 aromatic rings. The largest absolute Gasteiger partial charge is 0.378 e. The van der Waals surface area contributed by atoms with Crippen molar-refractivity contribution >= 4 is 21.6 Å². The Bertz CT molecular complexity index is 637. The zero-order chi connectivity index (χ0) is 14.9. The molecule has 1 unspecified atom stereocenters. The van der Waals surface area contributed by atoms with E-state index >= 15 is 0 Å². The summed E-state index contributed by atoms with van der Waals surface area (Å²) in [4.78, 5) is 0. The van der Waals surface area contributed by atoms with Gasteiger partial charge in [-0.25, -0.2) is 4.39 Å². The van der Waals surface area contributed by atoms with Crippen LogP contribution in [0.1, 0.15) is 35.2 Å². The Morgan fingerprint density at radius 2 is 1.70 bits per heavy atom. The maximum absolute atomic E-state index is 13.4. The third-order valence-electron chi connectivity index (χ3n) is 3.67. The molecule has 0 aliphatic heterocycles. The van der Waals surface area contributed by atoms with Crippen molar-refractivity contribution in [2.24, 2.45) is 0 Å². The minimum atomic E-state index is -0.230. The molecular formula is C17H19BrFN. The number of halogens is 2. The summed E-state index contributed by atoms with van der Waals surface area (Å²) >= 11 is 3.23. The van der Waals surface area contributed by atoms with Crippen LogP contribution in [0.4, 0.5) is 10.1 Å². The summed E-state index contributed by atoms with van der Waals surface area (Å²) in [7, 11) is 0. The molecule has 0 aliphatic rings. The number of hydrogen-bond acceptors (Lipinski definition) is 1. The van der Waals surface area contributed by atoms with Crippen LogP contribution in [-0.4, -0.2) is 0 Å². The number of anilines is 1. The summed E-state index contributed by atoms with van der Waals surface area (Å²) in [5, 5.41) is 3.44. The average Bonchev–Trinajstić information content (AvgIpc) is 2.39. The summed E-state index contributed by atoms with van der Waals surface area (Å²) in [6, 6.07) is 9.97. The van der Waals surface area contributed by atoms with Crippen molar-refractivity contribution in [1.29, 1.82) is 0 Å². The van der Waals surface area contributed by atoms with Gasteiger partial charge in [-0.3, -0.25) is 0 Å². The number of benzene rings is 2. The van der Waals surface area contributed by atoms with Gasteiger partial charge >= 0.3 is 0 Å². The van der Waals surface area contributed by atoms with Crippen LogP contribution in [0.25, 0.3) is 0 Å². The molecule has 0 spiro atoms. The van der Waals surface area contributed by atoms with E-state index in [4.69, 9.17) is 0 Å². The van der Waals surface area contributed by atoms with E-state index in [-0.39, 0.29) is 11.9 Å². The lowest BCUT2D eigenvalue weighted by atomic mass is 10.0. The Morgan fingerprint density at radius 3 is 2.35 bits per heavy atom. The molecule has 0 saturated heterocycles. The minimum Gasteiger partial charge on any atom is -0.378 e. The van der Waals surface area contributed by atoms with Crippen LogP contribution in [-0.2, 0) is 0 Å². The molecule has 0 saturated carbocycles. The Labute approximate surface area is 128 Å². The average molecular weight is 336 g/mol. The summed E-state index contributed by atoms with van der Waals surface area (Å²) in [6.07, 6.45) is 0. The smallest absolute Gasteiger partial charge is 0.137 e. The van der Waals surface area contributed by atoms with E-state index in [1.54, 1.807) is 12.1 Å². The summed E-state index contributed by atoms with van der Waals surface area (Å²) in [5.74, 6) is -0.230. The topological polar surface area (TPSA) is 12.0 Å². The van der Waals surface area contributed by atoms with Crippen LogP contribution < -0.4 is 5.32 Å². The number of rotatable bonds is 3. The van der Waals surface area contributed by atoms with Crippen LogP contribution >= 0.6 is 15.9 Å². The van der Waals surface area contributed by atoms with Gasteiger partial charge in [-0.15, -0.1) is 0 Å². The molecule has 0 aromatic heterocycles. The van der Waals surface area contributed by atoms with E-state index in [2.05, 4.69) is 60.2 Å². The predicted octanol–water partition coefficient (Wildman–Crippen LogP) is 5.69. The summed E-state index contributed by atoms with van der Waals surface area (Å²) in [6.45, 7) is 8.25. The fourth-order valence-corrected chi connectivity index (χ4v) is 2.50. The Kier molecular flexibility index (Phi) is 4.48. The predicted molar refractivity (Wildman–Crippen MR) is 86.8 cm³/mol. The molecule has 0 radical (unpaired) electrons. The van der Waals surface area contributed by atoms with Gasteiger partial charge in [0.25, 0.3) is 0 Å². The highest BCUT2D eigenvalue weighted by Crippen LogP contribution is 2.28. The lowest BCUT2D eigenvalue weighted by molar-refractivity contribution is 0.620. The third kappa shape index (κ3) is 3.21. The van der Waals surface area contributed by atoms with Gasteiger partial charge in [-0.05, 0) is 78.0 Å². The first kappa shape index (κ1) is 15.0. The molecule has 20 heavy (non-hydrogen) atoms. The SMILES string of the molecule is Cc1ccc(C(C)Nc2cc(Br)c(F)cc2C)cc1C. The second-order valence-electron chi connectivity index (χ2n) is 5.29. The van der Waals surface area contributed by atoms with E-state index in [1.165, 1.54) is 16.7 Å². The highest BCUT2D eigenvalue weighted by Gasteiger charge is 2.10. The zero-order valence-electron chi connectivity index (χ0n) is 12.2. The van der Waals surface area contributed by atoms with Crippen molar-refractivity contribution < 1.29 is 4.39 Å². The molecule has 106 valence electrons. The van der Waals surface area contributed by atoms with Gasteiger partial charge in [-0.2, -0.15) is 0 Å². The monoisotopic (exact) mass is 335 g/mol. The number of aryl methyl sites for hydroxylation is 3. The standard InChI is InChI=1S/C17H19BrFN/c1-10-5-6-14(7-11(10)2)13(4)20-17-9-15(18)16(19)8-12(17)3/h5-9,13,20H,1-4H3. The van der Waals surface area contributed by atoms with Gasteiger partial charge in [0.15, 0.2) is 0 Å². The minimum absolute atomic E-state index is 0.172. The Hall–Kier alpha value is -1.35. The Morgan fingerprint density at radius 1 is 1.00 bits per heavy atom.